The Kier molecular flexibility index (Phi) is 5.59. The van der Waals surface area contributed by atoms with E-state index in [9.17, 15) is 22.8 Å². The number of aryl methyl sites for hydroxylation is 2. The van der Waals surface area contributed by atoms with Crippen LogP contribution in [0.15, 0.2) is 60.3 Å². The number of ether oxygens (including phenoxy) is 1. The van der Waals surface area contributed by atoms with Crippen molar-refractivity contribution >= 4 is 11.7 Å². The molecule has 0 aliphatic heterocycles. The van der Waals surface area contributed by atoms with E-state index in [1.807, 2.05) is 13.0 Å². The van der Waals surface area contributed by atoms with Gasteiger partial charge in [-0.25, -0.2) is 0 Å². The second kappa shape index (κ2) is 7.95. The summed E-state index contributed by atoms with van der Waals surface area (Å²) >= 11 is 0. The van der Waals surface area contributed by atoms with E-state index in [2.05, 4.69) is 5.32 Å². The van der Waals surface area contributed by atoms with Crippen molar-refractivity contribution in [2.45, 2.75) is 26.4 Å². The van der Waals surface area contributed by atoms with Gasteiger partial charge in [-0.15, -0.1) is 0 Å². The van der Waals surface area contributed by atoms with Crippen LogP contribution in [0.25, 0.3) is 0 Å². The summed E-state index contributed by atoms with van der Waals surface area (Å²) in [5, 5.41) is 2.46. The fourth-order valence-corrected chi connectivity index (χ4v) is 2.86. The number of ketones is 1. The van der Waals surface area contributed by atoms with Crippen LogP contribution < -0.4 is 10.1 Å². The summed E-state index contributed by atoms with van der Waals surface area (Å²) in [6, 6.07) is 8.07. The van der Waals surface area contributed by atoms with Crippen LogP contribution in [0.5, 0.6) is 11.5 Å². The standard InChI is InChI=1S/C22H18F3NO3/c1-13-6-8-19(14(2)10-13)29-20-9-7-15(22(23,24)25)11-18(20)21(28)26-16-4-3-5-17(27)12-16/h3-4,6-12H,5H2,1-2H3,(H,26,28). The molecule has 1 N–H and O–H groups in total. The quantitative estimate of drug-likeness (QED) is 0.761. The maximum absolute atomic E-state index is 13.2. The van der Waals surface area contributed by atoms with Crippen molar-refractivity contribution in [1.29, 1.82) is 0 Å². The van der Waals surface area contributed by atoms with Crippen LogP contribution in [0.1, 0.15) is 33.5 Å². The second-order valence-electron chi connectivity index (χ2n) is 6.71. The summed E-state index contributed by atoms with van der Waals surface area (Å²) in [6.45, 7) is 3.70. The van der Waals surface area contributed by atoms with E-state index < -0.39 is 17.6 Å². The number of alkyl halides is 3. The maximum Gasteiger partial charge on any atom is 0.416 e. The highest BCUT2D eigenvalue weighted by molar-refractivity contribution is 6.00. The van der Waals surface area contributed by atoms with Crippen LogP contribution in [0.4, 0.5) is 13.2 Å². The van der Waals surface area contributed by atoms with Crippen molar-refractivity contribution in [2.24, 2.45) is 0 Å². The van der Waals surface area contributed by atoms with Crippen molar-refractivity contribution in [3.05, 3.63) is 82.6 Å². The number of carbonyl (C=O) groups excluding carboxylic acids is 2. The minimum Gasteiger partial charge on any atom is -0.456 e. The van der Waals surface area contributed by atoms with E-state index in [0.717, 1.165) is 29.3 Å². The Balaban J connectivity index is 1.98. The molecule has 0 heterocycles. The molecule has 3 rings (SSSR count). The van der Waals surface area contributed by atoms with Gasteiger partial charge in [0, 0.05) is 18.2 Å². The zero-order valence-corrected chi connectivity index (χ0v) is 15.8. The van der Waals surface area contributed by atoms with Gasteiger partial charge in [0.2, 0.25) is 0 Å². The van der Waals surface area contributed by atoms with Gasteiger partial charge in [0.25, 0.3) is 5.91 Å². The topological polar surface area (TPSA) is 55.4 Å². The van der Waals surface area contributed by atoms with E-state index >= 15 is 0 Å². The minimum atomic E-state index is -4.62. The van der Waals surface area contributed by atoms with Crippen molar-refractivity contribution in [3.63, 3.8) is 0 Å². The van der Waals surface area contributed by atoms with Crippen LogP contribution >= 0.6 is 0 Å². The van der Waals surface area contributed by atoms with Crippen LogP contribution in [-0.4, -0.2) is 11.7 Å². The Morgan fingerprint density at radius 1 is 1.07 bits per heavy atom. The van der Waals surface area contributed by atoms with E-state index in [4.69, 9.17) is 4.74 Å². The molecule has 0 aromatic heterocycles. The van der Waals surface area contributed by atoms with Crippen molar-refractivity contribution in [1.82, 2.24) is 5.32 Å². The number of hydrogen-bond donors (Lipinski definition) is 1. The molecule has 1 amide bonds. The highest BCUT2D eigenvalue weighted by Gasteiger charge is 2.32. The number of hydrogen-bond acceptors (Lipinski definition) is 3. The first-order valence-corrected chi connectivity index (χ1v) is 8.82. The van der Waals surface area contributed by atoms with Gasteiger partial charge in [-0.05, 0) is 49.8 Å². The second-order valence-corrected chi connectivity index (χ2v) is 6.71. The predicted octanol–water partition coefficient (Wildman–Crippen LogP) is 5.26. The zero-order chi connectivity index (χ0) is 21.2. The van der Waals surface area contributed by atoms with Crippen LogP contribution in [0.3, 0.4) is 0 Å². The lowest BCUT2D eigenvalue weighted by atomic mass is 10.1. The molecule has 2 aromatic rings. The highest BCUT2D eigenvalue weighted by Crippen LogP contribution is 2.35. The fourth-order valence-electron chi connectivity index (χ4n) is 2.86. The molecule has 29 heavy (non-hydrogen) atoms. The normalized spacial score (nSPS) is 13.8. The van der Waals surface area contributed by atoms with Crippen LogP contribution in [0, 0.1) is 13.8 Å². The molecule has 2 aromatic carbocycles. The number of amides is 1. The largest absolute Gasteiger partial charge is 0.456 e. The van der Waals surface area contributed by atoms with Crippen molar-refractivity contribution < 1.29 is 27.5 Å². The summed E-state index contributed by atoms with van der Waals surface area (Å²) in [4.78, 5) is 24.2. The molecule has 0 saturated carbocycles. The lowest BCUT2D eigenvalue weighted by Crippen LogP contribution is -2.24. The van der Waals surface area contributed by atoms with E-state index in [-0.39, 0.29) is 29.2 Å². The Morgan fingerprint density at radius 2 is 1.79 bits per heavy atom. The summed E-state index contributed by atoms with van der Waals surface area (Å²) in [5.74, 6) is -0.606. The molecule has 7 heteroatoms. The first kappa shape index (κ1) is 20.4. The van der Waals surface area contributed by atoms with Gasteiger partial charge in [0.05, 0.1) is 11.1 Å². The molecule has 150 valence electrons. The average molecular weight is 401 g/mol. The first-order chi connectivity index (χ1) is 13.6. The summed E-state index contributed by atoms with van der Waals surface area (Å²) in [7, 11) is 0. The number of rotatable bonds is 4. The average Bonchev–Trinajstić information content (AvgIpc) is 2.63. The van der Waals surface area contributed by atoms with Crippen molar-refractivity contribution in [3.8, 4) is 11.5 Å². The molecule has 0 atom stereocenters. The lowest BCUT2D eigenvalue weighted by molar-refractivity contribution is -0.137. The molecule has 0 spiro atoms. The fraction of sp³-hybridized carbons (Fsp3) is 0.182. The predicted molar refractivity (Wildman–Crippen MR) is 102 cm³/mol. The molecular weight excluding hydrogens is 383 g/mol. The SMILES string of the molecule is Cc1ccc(Oc2ccc(C(F)(F)F)cc2C(=O)NC2=CC(=O)CC=C2)c(C)c1. The molecule has 0 radical (unpaired) electrons. The molecular formula is C22H18F3NO3. The Bertz CT molecular complexity index is 1040. The monoisotopic (exact) mass is 401 g/mol. The molecule has 0 unspecified atom stereocenters. The smallest absolute Gasteiger partial charge is 0.416 e. The zero-order valence-electron chi connectivity index (χ0n) is 15.8. The Hall–Kier alpha value is -3.35. The van der Waals surface area contributed by atoms with E-state index in [1.165, 1.54) is 12.2 Å². The molecule has 4 nitrogen and oxygen atoms in total. The number of carbonyl (C=O) groups is 2. The Labute approximate surface area is 165 Å². The third-order valence-corrected chi connectivity index (χ3v) is 4.29. The third-order valence-electron chi connectivity index (χ3n) is 4.29. The van der Waals surface area contributed by atoms with Gasteiger partial charge in [-0.1, -0.05) is 23.8 Å². The number of nitrogens with one attached hydrogen (secondary N) is 1. The summed E-state index contributed by atoms with van der Waals surface area (Å²) in [6.07, 6.45) is -0.0812. The molecule has 0 saturated heterocycles. The first-order valence-electron chi connectivity index (χ1n) is 8.82. The van der Waals surface area contributed by atoms with Crippen LogP contribution in [0.2, 0.25) is 0 Å². The van der Waals surface area contributed by atoms with E-state index in [1.54, 1.807) is 25.1 Å². The van der Waals surface area contributed by atoms with E-state index in [0.29, 0.717) is 5.75 Å². The summed E-state index contributed by atoms with van der Waals surface area (Å²) in [5.41, 5.74) is 0.730. The van der Waals surface area contributed by atoms with Crippen molar-refractivity contribution in [2.75, 3.05) is 0 Å². The number of halogens is 3. The molecule has 0 bridgehead atoms. The van der Waals surface area contributed by atoms with Gasteiger partial charge < -0.3 is 10.1 Å². The molecule has 1 aliphatic carbocycles. The number of allylic oxidation sites excluding steroid dienone is 3. The van der Waals surface area contributed by atoms with Gasteiger partial charge in [0.1, 0.15) is 11.5 Å². The molecule has 0 fully saturated rings. The highest BCUT2D eigenvalue weighted by atomic mass is 19.4. The third kappa shape index (κ3) is 4.93. The molecule has 1 aliphatic rings. The van der Waals surface area contributed by atoms with Gasteiger partial charge in [-0.2, -0.15) is 13.2 Å². The maximum atomic E-state index is 13.2. The Morgan fingerprint density at radius 3 is 2.45 bits per heavy atom. The van der Waals surface area contributed by atoms with Crippen LogP contribution in [-0.2, 0) is 11.0 Å². The van der Waals surface area contributed by atoms with Gasteiger partial charge in [-0.3, -0.25) is 9.59 Å². The number of benzene rings is 2. The summed E-state index contributed by atoms with van der Waals surface area (Å²) < 4.78 is 45.3. The minimum absolute atomic E-state index is 0.0193. The lowest BCUT2D eigenvalue weighted by Gasteiger charge is -2.16. The van der Waals surface area contributed by atoms with Gasteiger partial charge in [0.15, 0.2) is 5.78 Å². The van der Waals surface area contributed by atoms with Gasteiger partial charge >= 0.3 is 6.18 Å².